The van der Waals surface area contributed by atoms with Gasteiger partial charge in [-0.1, -0.05) is 24.3 Å². The molecular formula is C12H19NS. The Morgan fingerprint density at radius 1 is 1.29 bits per heavy atom. The Labute approximate surface area is 91.1 Å². The van der Waals surface area contributed by atoms with Gasteiger partial charge in [0.25, 0.3) is 0 Å². The Morgan fingerprint density at radius 3 is 2.36 bits per heavy atom. The second-order valence-electron chi connectivity index (χ2n) is 4.14. The number of benzene rings is 1. The van der Waals surface area contributed by atoms with E-state index in [1.54, 1.807) is 0 Å². The Bertz CT molecular complexity index is 307. The quantitative estimate of drug-likeness (QED) is 0.827. The van der Waals surface area contributed by atoms with E-state index in [9.17, 15) is 0 Å². The standard InChI is InChI=1S/C12H19NS/c1-9-7-5-6-8-10(9)11(13)12(2,3)14-4/h5-8,11H,13H2,1-4H3. The molecule has 0 aliphatic rings. The molecule has 0 aliphatic carbocycles. The molecule has 2 heteroatoms. The molecule has 2 N–H and O–H groups in total. The maximum absolute atomic E-state index is 6.26. The highest BCUT2D eigenvalue weighted by Gasteiger charge is 2.27. The fraction of sp³-hybridized carbons (Fsp3) is 0.500. The summed E-state index contributed by atoms with van der Waals surface area (Å²) in [5, 5.41) is 0. The van der Waals surface area contributed by atoms with Crippen LogP contribution in [-0.4, -0.2) is 11.0 Å². The molecule has 0 amide bonds. The Hall–Kier alpha value is -0.470. The molecule has 78 valence electrons. The van der Waals surface area contributed by atoms with Crippen molar-refractivity contribution in [2.45, 2.75) is 31.6 Å². The second-order valence-corrected chi connectivity index (χ2v) is 5.60. The first-order valence-electron chi connectivity index (χ1n) is 4.85. The zero-order valence-electron chi connectivity index (χ0n) is 9.37. The molecule has 1 aromatic carbocycles. The lowest BCUT2D eigenvalue weighted by molar-refractivity contribution is 0.562. The maximum Gasteiger partial charge on any atom is 0.0441 e. The minimum absolute atomic E-state index is 0.0894. The normalized spacial score (nSPS) is 14.1. The average Bonchev–Trinajstić information content (AvgIpc) is 2.17. The van der Waals surface area contributed by atoms with E-state index in [2.05, 4.69) is 51.3 Å². The predicted molar refractivity (Wildman–Crippen MR) is 65.7 cm³/mol. The summed E-state index contributed by atoms with van der Waals surface area (Å²) in [7, 11) is 0. The number of hydrogen-bond donors (Lipinski definition) is 1. The van der Waals surface area contributed by atoms with E-state index >= 15 is 0 Å². The van der Waals surface area contributed by atoms with Crippen LogP contribution < -0.4 is 5.73 Å². The molecule has 14 heavy (non-hydrogen) atoms. The zero-order valence-corrected chi connectivity index (χ0v) is 10.2. The topological polar surface area (TPSA) is 26.0 Å². The third-order valence-corrected chi connectivity index (χ3v) is 4.10. The van der Waals surface area contributed by atoms with E-state index in [0.717, 1.165) is 0 Å². The van der Waals surface area contributed by atoms with Gasteiger partial charge in [0.2, 0.25) is 0 Å². The Kier molecular flexibility index (Phi) is 3.62. The van der Waals surface area contributed by atoms with Gasteiger partial charge >= 0.3 is 0 Å². The van der Waals surface area contributed by atoms with Crippen LogP contribution >= 0.6 is 11.8 Å². The van der Waals surface area contributed by atoms with Gasteiger partial charge in [-0.15, -0.1) is 0 Å². The maximum atomic E-state index is 6.26. The van der Waals surface area contributed by atoms with Gasteiger partial charge in [-0.05, 0) is 38.2 Å². The van der Waals surface area contributed by atoms with Gasteiger partial charge in [-0.25, -0.2) is 0 Å². The first-order chi connectivity index (χ1) is 6.49. The molecule has 0 spiro atoms. The van der Waals surface area contributed by atoms with Crippen LogP contribution in [0.4, 0.5) is 0 Å². The SMILES string of the molecule is CSC(C)(C)C(N)c1ccccc1C. The smallest absolute Gasteiger partial charge is 0.0441 e. The molecule has 0 saturated carbocycles. The number of aryl methyl sites for hydroxylation is 1. The summed E-state index contributed by atoms with van der Waals surface area (Å²) in [6, 6.07) is 8.44. The minimum Gasteiger partial charge on any atom is -0.323 e. The first-order valence-corrected chi connectivity index (χ1v) is 6.08. The van der Waals surface area contributed by atoms with Crippen molar-refractivity contribution in [2.75, 3.05) is 6.26 Å². The summed E-state index contributed by atoms with van der Waals surface area (Å²) in [5.74, 6) is 0. The molecule has 0 radical (unpaired) electrons. The van der Waals surface area contributed by atoms with Gasteiger partial charge in [-0.2, -0.15) is 11.8 Å². The summed E-state index contributed by atoms with van der Waals surface area (Å²) in [5.41, 5.74) is 8.80. The summed E-state index contributed by atoms with van der Waals surface area (Å²) in [6.07, 6.45) is 2.11. The molecule has 0 bridgehead atoms. The summed E-state index contributed by atoms with van der Waals surface area (Å²) < 4.78 is 0.0894. The van der Waals surface area contributed by atoms with Crippen LogP contribution in [0.15, 0.2) is 24.3 Å². The second kappa shape index (κ2) is 4.37. The van der Waals surface area contributed by atoms with E-state index in [1.807, 2.05) is 11.8 Å². The van der Waals surface area contributed by atoms with E-state index in [4.69, 9.17) is 5.73 Å². The monoisotopic (exact) mass is 209 g/mol. The minimum atomic E-state index is 0.0894. The molecule has 1 atom stereocenters. The van der Waals surface area contributed by atoms with E-state index in [1.165, 1.54) is 11.1 Å². The molecule has 0 aliphatic heterocycles. The van der Waals surface area contributed by atoms with Crippen LogP contribution in [0, 0.1) is 6.92 Å². The van der Waals surface area contributed by atoms with Crippen molar-refractivity contribution in [2.24, 2.45) is 5.73 Å². The molecular weight excluding hydrogens is 190 g/mol. The fourth-order valence-corrected chi connectivity index (χ4v) is 1.82. The Morgan fingerprint density at radius 2 is 1.86 bits per heavy atom. The molecule has 0 aromatic heterocycles. The first kappa shape index (κ1) is 11.6. The van der Waals surface area contributed by atoms with Crippen LogP contribution in [0.25, 0.3) is 0 Å². The van der Waals surface area contributed by atoms with Crippen LogP contribution in [0.1, 0.15) is 31.0 Å². The number of thioether (sulfide) groups is 1. The lowest BCUT2D eigenvalue weighted by Crippen LogP contribution is -2.32. The average molecular weight is 209 g/mol. The summed E-state index contributed by atoms with van der Waals surface area (Å²) in [4.78, 5) is 0. The number of hydrogen-bond acceptors (Lipinski definition) is 2. The van der Waals surface area contributed by atoms with Crippen molar-refractivity contribution >= 4 is 11.8 Å². The van der Waals surface area contributed by atoms with E-state index in [-0.39, 0.29) is 10.8 Å². The predicted octanol–water partition coefficient (Wildman–Crippen LogP) is 3.14. The summed E-state index contributed by atoms with van der Waals surface area (Å²) >= 11 is 1.81. The van der Waals surface area contributed by atoms with Crippen LogP contribution in [0.5, 0.6) is 0 Å². The van der Waals surface area contributed by atoms with Crippen LogP contribution in [0.2, 0.25) is 0 Å². The van der Waals surface area contributed by atoms with Crippen molar-refractivity contribution in [1.29, 1.82) is 0 Å². The Balaban J connectivity index is 3.00. The fourth-order valence-electron chi connectivity index (χ4n) is 1.44. The number of rotatable bonds is 3. The molecule has 1 unspecified atom stereocenters. The highest BCUT2D eigenvalue weighted by atomic mass is 32.2. The van der Waals surface area contributed by atoms with Crippen LogP contribution in [0.3, 0.4) is 0 Å². The van der Waals surface area contributed by atoms with Crippen molar-refractivity contribution in [1.82, 2.24) is 0 Å². The van der Waals surface area contributed by atoms with Gasteiger partial charge in [0.1, 0.15) is 0 Å². The van der Waals surface area contributed by atoms with Gasteiger partial charge in [0.05, 0.1) is 0 Å². The zero-order chi connectivity index (χ0) is 10.8. The molecule has 1 aromatic rings. The molecule has 1 rings (SSSR count). The molecule has 0 fully saturated rings. The molecule has 0 heterocycles. The highest BCUT2D eigenvalue weighted by molar-refractivity contribution is 7.99. The number of nitrogens with two attached hydrogens (primary N) is 1. The largest absolute Gasteiger partial charge is 0.323 e. The lowest BCUT2D eigenvalue weighted by Gasteiger charge is -2.30. The van der Waals surface area contributed by atoms with Crippen molar-refractivity contribution in [3.63, 3.8) is 0 Å². The highest BCUT2D eigenvalue weighted by Crippen LogP contribution is 2.34. The third kappa shape index (κ3) is 2.31. The molecule has 0 saturated heterocycles. The van der Waals surface area contributed by atoms with Gasteiger partial charge in [0, 0.05) is 10.8 Å². The van der Waals surface area contributed by atoms with Gasteiger partial charge in [0.15, 0.2) is 0 Å². The summed E-state index contributed by atoms with van der Waals surface area (Å²) in [6.45, 7) is 6.50. The van der Waals surface area contributed by atoms with Gasteiger partial charge < -0.3 is 5.73 Å². The van der Waals surface area contributed by atoms with Crippen molar-refractivity contribution in [3.8, 4) is 0 Å². The molecule has 1 nitrogen and oxygen atoms in total. The van der Waals surface area contributed by atoms with Crippen molar-refractivity contribution < 1.29 is 0 Å². The van der Waals surface area contributed by atoms with Gasteiger partial charge in [-0.3, -0.25) is 0 Å². The van der Waals surface area contributed by atoms with E-state index in [0.29, 0.717) is 0 Å². The van der Waals surface area contributed by atoms with Crippen LogP contribution in [-0.2, 0) is 0 Å². The third-order valence-electron chi connectivity index (χ3n) is 2.80. The van der Waals surface area contributed by atoms with E-state index < -0.39 is 0 Å². The van der Waals surface area contributed by atoms with Crippen molar-refractivity contribution in [3.05, 3.63) is 35.4 Å². The lowest BCUT2D eigenvalue weighted by atomic mass is 9.93.